The highest BCUT2D eigenvalue weighted by Gasteiger charge is 2.62. The number of hydrogen-bond acceptors (Lipinski definition) is 3. The van der Waals surface area contributed by atoms with Gasteiger partial charge in [-0.05, 0) is 28.1 Å². The number of aliphatic hydroxyl groups is 1. The second-order valence-electron chi connectivity index (χ2n) is 8.00. The fourth-order valence-corrected chi connectivity index (χ4v) is 3.59. The van der Waals surface area contributed by atoms with Gasteiger partial charge in [0.2, 0.25) is 0 Å². The first-order valence-electron chi connectivity index (χ1n) is 7.52. The molecule has 0 atom stereocenters. The van der Waals surface area contributed by atoms with Crippen molar-refractivity contribution in [1.82, 2.24) is 0 Å². The van der Waals surface area contributed by atoms with Crippen molar-refractivity contribution in [2.75, 3.05) is 0 Å². The Morgan fingerprint density at radius 1 is 0.913 bits per heavy atom. The van der Waals surface area contributed by atoms with Crippen LogP contribution in [0.3, 0.4) is 0 Å². The summed E-state index contributed by atoms with van der Waals surface area (Å²) in [5, 5.41) is 27.5. The Morgan fingerprint density at radius 2 is 1.35 bits per heavy atom. The monoisotopic (exact) mass is 322 g/mol. The molecule has 5 nitrogen and oxygen atoms in total. The molecule has 0 fully saturated rings. The summed E-state index contributed by atoms with van der Waals surface area (Å²) in [7, 11) is 0. The van der Waals surface area contributed by atoms with Gasteiger partial charge in [-0.3, -0.25) is 9.59 Å². The molecule has 0 saturated carbocycles. The molecule has 5 heteroatoms. The summed E-state index contributed by atoms with van der Waals surface area (Å²) in [4.78, 5) is 22.8. The van der Waals surface area contributed by atoms with Gasteiger partial charge >= 0.3 is 11.9 Å². The molecular weight excluding hydrogens is 296 g/mol. The number of rotatable bonds is 2. The number of aliphatic hydroxyl groups excluding tert-OH is 1. The maximum Gasteiger partial charge on any atom is 0.322 e. The van der Waals surface area contributed by atoms with Crippen LogP contribution in [-0.4, -0.2) is 27.3 Å². The Labute approximate surface area is 137 Å². The molecular formula is C18H26O5. The van der Waals surface area contributed by atoms with Gasteiger partial charge in [-0.1, -0.05) is 53.7 Å². The molecule has 2 rings (SSSR count). The van der Waals surface area contributed by atoms with Crippen LogP contribution in [0.25, 0.3) is 0 Å². The lowest BCUT2D eigenvalue weighted by Crippen LogP contribution is -2.57. The van der Waals surface area contributed by atoms with Crippen LogP contribution < -0.4 is 0 Å². The number of aliphatic carboxylic acids is 2. The highest BCUT2D eigenvalue weighted by molar-refractivity contribution is 6.00. The SMILES string of the molecule is CC(C)(C)C(C(=O)O)(C(=O)O)C(C)(C)C.OC1=C2C=CC(=C1)C2. The number of hydrogen-bond donors (Lipinski definition) is 3. The maximum absolute atomic E-state index is 11.4. The van der Waals surface area contributed by atoms with E-state index in [2.05, 4.69) is 0 Å². The third-order valence-corrected chi connectivity index (χ3v) is 4.44. The number of carboxylic acid groups (broad SMARTS) is 2. The summed E-state index contributed by atoms with van der Waals surface area (Å²) in [6.07, 6.45) is 6.76. The number of carboxylic acids is 2. The van der Waals surface area contributed by atoms with Crippen LogP contribution in [0, 0.1) is 16.2 Å². The molecule has 2 aliphatic rings. The first-order valence-corrected chi connectivity index (χ1v) is 7.52. The minimum absolute atomic E-state index is 0.461. The molecule has 0 amide bonds. The Hall–Kier alpha value is -2.04. The van der Waals surface area contributed by atoms with Crippen LogP contribution in [0.1, 0.15) is 48.0 Å². The third kappa shape index (κ3) is 3.19. The largest absolute Gasteiger partial charge is 0.508 e. The molecule has 0 radical (unpaired) electrons. The van der Waals surface area contributed by atoms with Gasteiger partial charge in [0, 0.05) is 6.42 Å². The smallest absolute Gasteiger partial charge is 0.322 e. The summed E-state index contributed by atoms with van der Waals surface area (Å²) in [6.45, 7) is 9.84. The van der Waals surface area contributed by atoms with E-state index in [1.165, 1.54) is 5.57 Å². The minimum atomic E-state index is -1.79. The molecule has 0 aromatic carbocycles. The molecule has 2 aliphatic carbocycles. The summed E-state index contributed by atoms with van der Waals surface area (Å²) in [5.74, 6) is -2.10. The average molecular weight is 322 g/mol. The van der Waals surface area contributed by atoms with E-state index in [1.54, 1.807) is 41.5 Å². The van der Waals surface area contributed by atoms with E-state index < -0.39 is 28.2 Å². The normalized spacial score (nSPS) is 16.9. The third-order valence-electron chi connectivity index (χ3n) is 4.44. The number of allylic oxidation sites excluding steroid dienone is 5. The van der Waals surface area contributed by atoms with Gasteiger partial charge in [-0.2, -0.15) is 0 Å². The lowest BCUT2D eigenvalue weighted by atomic mass is 9.54. The van der Waals surface area contributed by atoms with Crippen LogP contribution in [0.2, 0.25) is 0 Å². The standard InChI is InChI=1S/C11H20O4.C7H6O/c1-9(2,3)11(7(12)13,8(14)15)10(4,5)6;8-7-4-5-1-2-6(7)3-5/h1-6H3,(H,12,13)(H,14,15);1-2,4,8H,3H2. The highest BCUT2D eigenvalue weighted by atomic mass is 16.4. The Morgan fingerprint density at radius 3 is 1.43 bits per heavy atom. The van der Waals surface area contributed by atoms with Crippen molar-refractivity contribution in [3.05, 3.63) is 35.1 Å². The molecule has 0 aromatic rings. The maximum atomic E-state index is 11.4. The second kappa shape index (κ2) is 5.87. The van der Waals surface area contributed by atoms with Crippen molar-refractivity contribution in [3.8, 4) is 0 Å². The van der Waals surface area contributed by atoms with Gasteiger partial charge in [0.15, 0.2) is 5.41 Å². The Bertz CT molecular complexity index is 576. The van der Waals surface area contributed by atoms with E-state index in [-0.39, 0.29) is 0 Å². The first-order chi connectivity index (χ1) is 10.2. The molecule has 128 valence electrons. The molecule has 23 heavy (non-hydrogen) atoms. The summed E-state index contributed by atoms with van der Waals surface area (Å²) in [5.41, 5.74) is -1.20. The van der Waals surface area contributed by atoms with Gasteiger partial charge in [0.1, 0.15) is 5.76 Å². The van der Waals surface area contributed by atoms with Crippen molar-refractivity contribution in [3.63, 3.8) is 0 Å². The molecule has 0 aliphatic heterocycles. The number of fused-ring (bicyclic) bond motifs is 2. The summed E-state index contributed by atoms with van der Waals surface area (Å²) >= 11 is 0. The molecule has 0 spiro atoms. The minimum Gasteiger partial charge on any atom is -0.508 e. The lowest BCUT2D eigenvalue weighted by molar-refractivity contribution is -0.186. The second-order valence-corrected chi connectivity index (χ2v) is 8.00. The predicted octanol–water partition coefficient (Wildman–Crippen LogP) is 3.93. The molecule has 0 heterocycles. The predicted molar refractivity (Wildman–Crippen MR) is 88.1 cm³/mol. The average Bonchev–Trinajstić information content (AvgIpc) is 2.85. The van der Waals surface area contributed by atoms with Crippen molar-refractivity contribution in [1.29, 1.82) is 0 Å². The van der Waals surface area contributed by atoms with E-state index in [4.69, 9.17) is 5.11 Å². The zero-order valence-electron chi connectivity index (χ0n) is 14.6. The van der Waals surface area contributed by atoms with E-state index in [0.29, 0.717) is 5.76 Å². The zero-order chi connectivity index (χ0) is 18.2. The highest BCUT2D eigenvalue weighted by Crippen LogP contribution is 2.52. The van der Waals surface area contributed by atoms with Crippen LogP contribution in [-0.2, 0) is 9.59 Å². The van der Waals surface area contributed by atoms with Crippen LogP contribution in [0.5, 0.6) is 0 Å². The summed E-state index contributed by atoms with van der Waals surface area (Å²) in [6, 6.07) is 0. The van der Waals surface area contributed by atoms with Gasteiger partial charge in [0.25, 0.3) is 0 Å². The van der Waals surface area contributed by atoms with E-state index in [1.807, 2.05) is 18.2 Å². The van der Waals surface area contributed by atoms with Gasteiger partial charge < -0.3 is 15.3 Å². The molecule has 2 bridgehead atoms. The first kappa shape index (κ1) is 19.0. The van der Waals surface area contributed by atoms with Crippen molar-refractivity contribution < 1.29 is 24.9 Å². The molecule has 0 unspecified atom stereocenters. The Balaban J connectivity index is 0.000000270. The van der Waals surface area contributed by atoms with Crippen LogP contribution in [0.4, 0.5) is 0 Å². The number of carbonyl (C=O) groups is 2. The fourth-order valence-electron chi connectivity index (χ4n) is 3.59. The molecule has 3 N–H and O–H groups in total. The Kier molecular flexibility index (Phi) is 4.85. The van der Waals surface area contributed by atoms with Gasteiger partial charge in [-0.25, -0.2) is 0 Å². The van der Waals surface area contributed by atoms with Crippen molar-refractivity contribution in [2.45, 2.75) is 48.0 Å². The quantitative estimate of drug-likeness (QED) is 0.669. The van der Waals surface area contributed by atoms with E-state index in [0.717, 1.165) is 12.0 Å². The fraction of sp³-hybridized carbons (Fsp3) is 0.556. The van der Waals surface area contributed by atoms with Crippen LogP contribution >= 0.6 is 0 Å². The topological polar surface area (TPSA) is 94.8 Å². The van der Waals surface area contributed by atoms with Crippen LogP contribution in [0.15, 0.2) is 35.1 Å². The zero-order valence-corrected chi connectivity index (χ0v) is 14.6. The molecule has 0 aromatic heterocycles. The van der Waals surface area contributed by atoms with Gasteiger partial charge in [0.05, 0.1) is 0 Å². The summed E-state index contributed by atoms with van der Waals surface area (Å²) < 4.78 is 0. The lowest BCUT2D eigenvalue weighted by Gasteiger charge is -2.46. The van der Waals surface area contributed by atoms with Gasteiger partial charge in [-0.15, -0.1) is 0 Å². The van der Waals surface area contributed by atoms with Crippen molar-refractivity contribution in [2.24, 2.45) is 16.2 Å². The molecule has 0 saturated heterocycles. The van der Waals surface area contributed by atoms with E-state index in [9.17, 15) is 19.8 Å². The van der Waals surface area contributed by atoms with Crippen molar-refractivity contribution >= 4 is 11.9 Å². The van der Waals surface area contributed by atoms with E-state index >= 15 is 0 Å².